The Morgan fingerprint density at radius 1 is 1.31 bits per heavy atom. The first kappa shape index (κ1) is 21.3. The highest BCUT2D eigenvalue weighted by atomic mass is 32.2. The van der Waals surface area contributed by atoms with Crippen LogP contribution >= 0.6 is 11.3 Å². The number of hydrogen-bond donors (Lipinski definition) is 4. The van der Waals surface area contributed by atoms with E-state index in [1.807, 2.05) is 6.92 Å². The molecule has 10 nitrogen and oxygen atoms in total. The fourth-order valence-electron chi connectivity index (χ4n) is 2.66. The zero-order valence-electron chi connectivity index (χ0n) is 15.6. The fourth-order valence-corrected chi connectivity index (χ4v) is 4.13. The van der Waals surface area contributed by atoms with Gasteiger partial charge in [-0.05, 0) is 30.7 Å². The van der Waals surface area contributed by atoms with E-state index in [4.69, 9.17) is 9.88 Å². The summed E-state index contributed by atoms with van der Waals surface area (Å²) in [4.78, 5) is 29.6. The van der Waals surface area contributed by atoms with E-state index in [1.165, 1.54) is 24.3 Å². The lowest BCUT2D eigenvalue weighted by Gasteiger charge is -2.24. The van der Waals surface area contributed by atoms with Gasteiger partial charge in [-0.15, -0.1) is 0 Å². The van der Waals surface area contributed by atoms with Crippen molar-refractivity contribution in [2.75, 3.05) is 25.0 Å². The van der Waals surface area contributed by atoms with Gasteiger partial charge in [-0.1, -0.05) is 18.3 Å². The second kappa shape index (κ2) is 8.97. The Kier molecular flexibility index (Phi) is 6.59. The van der Waals surface area contributed by atoms with Crippen LogP contribution in [0.4, 0.5) is 5.13 Å². The van der Waals surface area contributed by atoms with Crippen molar-refractivity contribution in [2.45, 2.75) is 24.5 Å². The number of carbonyl (C=O) groups is 2. The Labute approximate surface area is 171 Å². The van der Waals surface area contributed by atoms with Gasteiger partial charge in [0, 0.05) is 18.7 Å². The number of nitrogens with two attached hydrogens (primary N) is 1. The average molecular weight is 440 g/mol. The Bertz CT molecular complexity index is 998. The Morgan fingerprint density at radius 2 is 2.03 bits per heavy atom. The Hall–Kier alpha value is -2.38. The number of anilines is 1. The number of ether oxygens (including phenoxy) is 1. The van der Waals surface area contributed by atoms with Crippen LogP contribution in [0.5, 0.6) is 0 Å². The third-order valence-corrected chi connectivity index (χ3v) is 6.06. The molecule has 1 unspecified atom stereocenters. The van der Waals surface area contributed by atoms with Crippen molar-refractivity contribution in [1.29, 1.82) is 0 Å². The topological polar surface area (TPSA) is 153 Å². The van der Waals surface area contributed by atoms with Gasteiger partial charge in [-0.2, -0.15) is 0 Å². The molecule has 0 spiro atoms. The van der Waals surface area contributed by atoms with E-state index in [2.05, 4.69) is 20.9 Å². The monoisotopic (exact) mass is 439 g/mol. The van der Waals surface area contributed by atoms with Gasteiger partial charge in [0.2, 0.25) is 10.0 Å². The average Bonchev–Trinajstić information content (AvgIpc) is 3.11. The largest absolute Gasteiger partial charge is 0.356 e. The maximum absolute atomic E-state index is 12.6. The van der Waals surface area contributed by atoms with Gasteiger partial charge in [-0.25, -0.2) is 18.5 Å². The second-order valence-electron chi connectivity index (χ2n) is 6.21. The molecule has 29 heavy (non-hydrogen) atoms. The van der Waals surface area contributed by atoms with E-state index < -0.39 is 22.2 Å². The number of aromatic nitrogens is 1. The smallest absolute Gasteiger partial charge is 0.265 e. The summed E-state index contributed by atoms with van der Waals surface area (Å²) in [5.41, 5.74) is 0.800. The molecule has 0 radical (unpaired) electrons. The van der Waals surface area contributed by atoms with Gasteiger partial charge in [0.25, 0.3) is 11.8 Å². The van der Waals surface area contributed by atoms with E-state index in [0.29, 0.717) is 30.1 Å². The molecule has 1 aromatic heterocycles. The molecule has 1 aromatic carbocycles. The van der Waals surface area contributed by atoms with Crippen LogP contribution in [-0.4, -0.2) is 51.1 Å². The Morgan fingerprint density at radius 3 is 2.62 bits per heavy atom. The quantitative estimate of drug-likeness (QED) is 0.504. The summed E-state index contributed by atoms with van der Waals surface area (Å²) in [6, 6.07) is 5.20. The number of benzene rings is 1. The molecule has 0 saturated carbocycles. The summed E-state index contributed by atoms with van der Waals surface area (Å²) >= 11 is 1.06. The summed E-state index contributed by atoms with van der Waals surface area (Å²) in [7, 11) is -3.83. The van der Waals surface area contributed by atoms with Crippen molar-refractivity contribution in [3.63, 3.8) is 0 Å². The van der Waals surface area contributed by atoms with Crippen LogP contribution in [0.15, 0.2) is 29.2 Å². The highest BCUT2D eigenvalue weighted by molar-refractivity contribution is 7.89. The predicted molar refractivity (Wildman–Crippen MR) is 107 cm³/mol. The molecule has 2 heterocycles. The first-order valence-corrected chi connectivity index (χ1v) is 11.2. The highest BCUT2D eigenvalue weighted by Gasteiger charge is 2.22. The molecule has 5 N–H and O–H groups in total. The van der Waals surface area contributed by atoms with Crippen LogP contribution in [0.2, 0.25) is 0 Å². The minimum Gasteiger partial charge on any atom is -0.356 e. The molecule has 1 saturated heterocycles. The molecule has 1 aliphatic rings. The van der Waals surface area contributed by atoms with Crippen LogP contribution in [0.1, 0.15) is 32.6 Å². The number of primary sulfonamides is 1. The lowest BCUT2D eigenvalue weighted by atomic mass is 10.2. The number of nitrogens with one attached hydrogen (secondary N) is 3. The van der Waals surface area contributed by atoms with Crippen LogP contribution < -0.4 is 21.1 Å². The molecule has 3 rings (SSSR count). The fraction of sp³-hybridized carbons (Fsp3) is 0.353. The third-order valence-electron chi connectivity index (χ3n) is 4.12. The van der Waals surface area contributed by atoms with Crippen LogP contribution in [-0.2, 0) is 21.2 Å². The van der Waals surface area contributed by atoms with Gasteiger partial charge in [0.15, 0.2) is 5.13 Å². The van der Waals surface area contributed by atoms with E-state index in [0.717, 1.165) is 17.9 Å². The number of carbonyl (C=O) groups excluding carboxylic acids is 2. The summed E-state index contributed by atoms with van der Waals surface area (Å²) in [6.07, 6.45) is 0.0977. The zero-order chi connectivity index (χ0) is 21.0. The molecule has 1 aliphatic heterocycles. The van der Waals surface area contributed by atoms with Gasteiger partial charge in [0.05, 0.1) is 17.2 Å². The zero-order valence-corrected chi connectivity index (χ0v) is 17.2. The van der Waals surface area contributed by atoms with E-state index in [1.54, 1.807) is 0 Å². The van der Waals surface area contributed by atoms with Gasteiger partial charge >= 0.3 is 0 Å². The van der Waals surface area contributed by atoms with Crippen molar-refractivity contribution >= 4 is 38.3 Å². The van der Waals surface area contributed by atoms with E-state index in [9.17, 15) is 18.0 Å². The van der Waals surface area contributed by atoms with Crippen molar-refractivity contribution in [2.24, 2.45) is 5.14 Å². The molecular weight excluding hydrogens is 418 g/mol. The summed E-state index contributed by atoms with van der Waals surface area (Å²) in [5, 5.41) is 13.9. The van der Waals surface area contributed by atoms with Gasteiger partial charge in [-0.3, -0.25) is 14.9 Å². The minimum atomic E-state index is -3.83. The van der Waals surface area contributed by atoms with Crippen molar-refractivity contribution in [3.8, 4) is 0 Å². The number of nitrogens with zero attached hydrogens (tertiary/aromatic N) is 1. The van der Waals surface area contributed by atoms with Crippen LogP contribution in [0.25, 0.3) is 0 Å². The molecule has 2 amide bonds. The maximum atomic E-state index is 12.6. The minimum absolute atomic E-state index is 0.0880. The molecule has 12 heteroatoms. The van der Waals surface area contributed by atoms with Gasteiger partial charge in [0.1, 0.15) is 11.1 Å². The lowest BCUT2D eigenvalue weighted by Crippen LogP contribution is -2.48. The molecule has 1 atom stereocenters. The lowest BCUT2D eigenvalue weighted by molar-refractivity contribution is 0.00843. The van der Waals surface area contributed by atoms with Gasteiger partial charge < -0.3 is 15.4 Å². The first-order chi connectivity index (χ1) is 13.8. The summed E-state index contributed by atoms with van der Waals surface area (Å²) in [5.74, 6) is -0.791. The number of hydrogen-bond acceptors (Lipinski definition) is 8. The third kappa shape index (κ3) is 5.36. The highest BCUT2D eigenvalue weighted by Crippen LogP contribution is 2.24. The first-order valence-electron chi connectivity index (χ1n) is 8.85. The summed E-state index contributed by atoms with van der Waals surface area (Å²) < 4.78 is 28.1. The SMILES string of the molecule is CCc1nc(NC(=O)c2ccc(S(N)(=O)=O)cc2)sc1C(=O)NC1CNCCO1. The molecule has 0 aliphatic carbocycles. The van der Waals surface area contributed by atoms with E-state index in [-0.39, 0.29) is 21.5 Å². The predicted octanol–water partition coefficient (Wildman–Crippen LogP) is 0.281. The van der Waals surface area contributed by atoms with E-state index >= 15 is 0 Å². The number of thiazole rings is 1. The molecule has 0 bridgehead atoms. The summed E-state index contributed by atoms with van der Waals surface area (Å²) in [6.45, 7) is 3.63. The number of sulfonamides is 1. The standard InChI is InChI=1S/C17H21N5O5S2/c1-2-12-14(16(24)21-13-9-19-7-8-27-13)28-17(20-12)22-15(23)10-3-5-11(6-4-10)29(18,25)26/h3-6,13,19H,2,7-9H2,1H3,(H,21,24)(H2,18,25,26)(H,20,22,23). The van der Waals surface area contributed by atoms with Crippen LogP contribution in [0.3, 0.4) is 0 Å². The van der Waals surface area contributed by atoms with Crippen molar-refractivity contribution in [3.05, 3.63) is 40.4 Å². The number of amides is 2. The maximum Gasteiger partial charge on any atom is 0.265 e. The Balaban J connectivity index is 1.71. The second-order valence-corrected chi connectivity index (χ2v) is 8.77. The molecule has 1 fully saturated rings. The number of aryl methyl sites for hydroxylation is 1. The molecule has 2 aromatic rings. The van der Waals surface area contributed by atoms with Crippen LogP contribution in [0, 0.1) is 0 Å². The molecule has 156 valence electrons. The molecular formula is C17H21N5O5S2. The normalized spacial score (nSPS) is 17.0. The van der Waals surface area contributed by atoms with Crippen molar-refractivity contribution < 1.29 is 22.7 Å². The number of morpholine rings is 1. The van der Waals surface area contributed by atoms with Crippen molar-refractivity contribution in [1.82, 2.24) is 15.6 Å². The number of rotatable bonds is 6.